The minimum absolute atomic E-state index is 0.281. The van der Waals surface area contributed by atoms with Gasteiger partial charge in [-0.3, -0.25) is 0 Å². The lowest BCUT2D eigenvalue weighted by Gasteiger charge is -2.13. The average molecular weight is 246 g/mol. The van der Waals surface area contributed by atoms with E-state index < -0.39 is 6.10 Å². The molecule has 2 unspecified atom stereocenters. The molecular formula is C16H22O2. The molecular weight excluding hydrogens is 224 g/mol. The lowest BCUT2D eigenvalue weighted by atomic mass is 9.96. The molecule has 0 aliphatic heterocycles. The van der Waals surface area contributed by atoms with Crippen LogP contribution in [0.5, 0.6) is 0 Å². The molecule has 0 heterocycles. The second-order valence-corrected chi connectivity index (χ2v) is 4.56. The highest BCUT2D eigenvalue weighted by Crippen LogP contribution is 2.14. The Morgan fingerprint density at radius 1 is 1.22 bits per heavy atom. The van der Waals surface area contributed by atoms with Crippen molar-refractivity contribution in [3.8, 4) is 0 Å². The normalized spacial score (nSPS) is 14.6. The van der Waals surface area contributed by atoms with Gasteiger partial charge in [0, 0.05) is 5.92 Å². The molecule has 0 fully saturated rings. The van der Waals surface area contributed by atoms with E-state index in [0.717, 1.165) is 37.5 Å². The van der Waals surface area contributed by atoms with Crippen molar-refractivity contribution in [3.05, 3.63) is 42.0 Å². The van der Waals surface area contributed by atoms with Crippen molar-refractivity contribution >= 4 is 12.4 Å². The van der Waals surface area contributed by atoms with Crippen LogP contribution in [0.25, 0.3) is 6.08 Å². The molecule has 18 heavy (non-hydrogen) atoms. The molecule has 1 aromatic rings. The maximum absolute atomic E-state index is 11.0. The van der Waals surface area contributed by atoms with Gasteiger partial charge >= 0.3 is 0 Å². The van der Waals surface area contributed by atoms with Gasteiger partial charge in [-0.1, -0.05) is 68.7 Å². The number of aldehydes is 1. The fourth-order valence-electron chi connectivity index (χ4n) is 1.87. The minimum atomic E-state index is -0.681. The summed E-state index contributed by atoms with van der Waals surface area (Å²) in [6.45, 7) is 2.13. The molecule has 2 atom stereocenters. The van der Waals surface area contributed by atoms with Crippen LogP contribution in [-0.4, -0.2) is 17.5 Å². The molecule has 98 valence electrons. The minimum Gasteiger partial charge on any atom is -0.388 e. The van der Waals surface area contributed by atoms with Crippen LogP contribution in [0.4, 0.5) is 0 Å². The number of hydrogen-bond acceptors (Lipinski definition) is 2. The zero-order valence-electron chi connectivity index (χ0n) is 11.0. The lowest BCUT2D eigenvalue weighted by molar-refractivity contribution is -0.113. The molecule has 0 saturated heterocycles. The zero-order chi connectivity index (χ0) is 13.2. The van der Waals surface area contributed by atoms with Crippen molar-refractivity contribution in [2.24, 2.45) is 5.92 Å². The van der Waals surface area contributed by atoms with E-state index in [1.165, 1.54) is 0 Å². The third kappa shape index (κ3) is 5.28. The summed E-state index contributed by atoms with van der Waals surface area (Å²) >= 11 is 0. The molecule has 2 heteroatoms. The van der Waals surface area contributed by atoms with Gasteiger partial charge in [0.2, 0.25) is 0 Å². The van der Waals surface area contributed by atoms with Crippen LogP contribution in [0.15, 0.2) is 36.4 Å². The molecule has 0 aliphatic rings. The summed E-state index contributed by atoms with van der Waals surface area (Å²) in [6, 6.07) is 9.79. The number of unbranched alkanes of at least 4 members (excludes halogenated alkanes) is 2. The molecule has 1 aromatic carbocycles. The first-order valence-electron chi connectivity index (χ1n) is 6.64. The van der Waals surface area contributed by atoms with E-state index in [4.69, 9.17) is 0 Å². The Bertz CT molecular complexity index is 357. The molecule has 0 amide bonds. The molecule has 0 aliphatic carbocycles. The highest BCUT2D eigenvalue weighted by molar-refractivity contribution is 5.57. The van der Waals surface area contributed by atoms with Gasteiger partial charge in [0.1, 0.15) is 6.29 Å². The smallest absolute Gasteiger partial charge is 0.125 e. The number of rotatable bonds is 8. The van der Waals surface area contributed by atoms with Gasteiger partial charge < -0.3 is 9.90 Å². The highest BCUT2D eigenvalue weighted by Gasteiger charge is 2.14. The second-order valence-electron chi connectivity index (χ2n) is 4.56. The van der Waals surface area contributed by atoms with Gasteiger partial charge in [-0.05, 0) is 12.0 Å². The molecule has 0 spiro atoms. The summed E-state index contributed by atoms with van der Waals surface area (Å²) in [6.07, 6.45) is 7.76. The van der Waals surface area contributed by atoms with Crippen LogP contribution in [0.1, 0.15) is 38.2 Å². The Hall–Kier alpha value is -1.41. The average Bonchev–Trinajstić information content (AvgIpc) is 2.42. The van der Waals surface area contributed by atoms with E-state index in [9.17, 15) is 9.90 Å². The summed E-state index contributed by atoms with van der Waals surface area (Å²) in [5.74, 6) is -0.281. The zero-order valence-corrected chi connectivity index (χ0v) is 11.0. The molecule has 0 aromatic heterocycles. The first-order chi connectivity index (χ1) is 8.77. The van der Waals surface area contributed by atoms with E-state index in [0.29, 0.717) is 0 Å². The van der Waals surface area contributed by atoms with Crippen molar-refractivity contribution in [2.75, 3.05) is 0 Å². The van der Waals surface area contributed by atoms with Gasteiger partial charge in [0.05, 0.1) is 6.10 Å². The predicted octanol–water partition coefficient (Wildman–Crippen LogP) is 3.46. The number of aliphatic hydroxyl groups excluding tert-OH is 1. The summed E-state index contributed by atoms with van der Waals surface area (Å²) < 4.78 is 0. The Labute approximate surface area is 109 Å². The predicted molar refractivity (Wildman–Crippen MR) is 75.2 cm³/mol. The topological polar surface area (TPSA) is 37.3 Å². The molecule has 1 rings (SSSR count). The van der Waals surface area contributed by atoms with E-state index >= 15 is 0 Å². The maximum Gasteiger partial charge on any atom is 0.125 e. The largest absolute Gasteiger partial charge is 0.388 e. The fraction of sp³-hybridized carbons (Fsp3) is 0.438. The quantitative estimate of drug-likeness (QED) is 0.563. The molecule has 0 radical (unpaired) electrons. The van der Waals surface area contributed by atoms with Gasteiger partial charge in [-0.15, -0.1) is 0 Å². The van der Waals surface area contributed by atoms with Gasteiger partial charge in [0.15, 0.2) is 0 Å². The first kappa shape index (κ1) is 14.7. The standard InChI is InChI=1S/C16H22O2/c1-2-3-5-10-15(13-17)16(18)12-11-14-8-6-4-7-9-14/h4,6-9,11-13,15-16,18H,2-3,5,10H2,1H3/b12-11+. The lowest BCUT2D eigenvalue weighted by Crippen LogP contribution is -2.19. The van der Waals surface area contributed by atoms with Crippen LogP contribution >= 0.6 is 0 Å². The van der Waals surface area contributed by atoms with Gasteiger partial charge in [0.25, 0.3) is 0 Å². The third-order valence-corrected chi connectivity index (χ3v) is 3.04. The van der Waals surface area contributed by atoms with E-state index in [1.54, 1.807) is 6.08 Å². The second kappa shape index (κ2) is 8.65. The molecule has 1 N–H and O–H groups in total. The third-order valence-electron chi connectivity index (χ3n) is 3.04. The number of hydrogen-bond donors (Lipinski definition) is 1. The molecule has 2 nitrogen and oxygen atoms in total. The maximum atomic E-state index is 11.0. The van der Waals surface area contributed by atoms with Gasteiger partial charge in [-0.25, -0.2) is 0 Å². The van der Waals surface area contributed by atoms with Crippen LogP contribution in [-0.2, 0) is 4.79 Å². The van der Waals surface area contributed by atoms with E-state index in [1.807, 2.05) is 36.4 Å². The van der Waals surface area contributed by atoms with Crippen molar-refractivity contribution in [3.63, 3.8) is 0 Å². The number of carbonyl (C=O) groups excluding carboxylic acids is 1. The number of aliphatic hydroxyl groups is 1. The summed E-state index contributed by atoms with van der Waals surface area (Å²) in [7, 11) is 0. The van der Waals surface area contributed by atoms with Crippen LogP contribution < -0.4 is 0 Å². The van der Waals surface area contributed by atoms with E-state index in [2.05, 4.69) is 6.92 Å². The van der Waals surface area contributed by atoms with E-state index in [-0.39, 0.29) is 5.92 Å². The monoisotopic (exact) mass is 246 g/mol. The Kier molecular flexibility index (Phi) is 7.04. The van der Waals surface area contributed by atoms with Crippen molar-refractivity contribution in [1.82, 2.24) is 0 Å². The van der Waals surface area contributed by atoms with Crippen LogP contribution in [0.2, 0.25) is 0 Å². The Morgan fingerprint density at radius 2 is 1.94 bits per heavy atom. The number of benzene rings is 1. The van der Waals surface area contributed by atoms with Crippen molar-refractivity contribution in [2.45, 2.75) is 38.7 Å². The Morgan fingerprint density at radius 3 is 2.56 bits per heavy atom. The number of carbonyl (C=O) groups is 1. The van der Waals surface area contributed by atoms with Gasteiger partial charge in [-0.2, -0.15) is 0 Å². The highest BCUT2D eigenvalue weighted by atomic mass is 16.3. The van der Waals surface area contributed by atoms with Crippen molar-refractivity contribution < 1.29 is 9.90 Å². The Balaban J connectivity index is 2.48. The first-order valence-corrected chi connectivity index (χ1v) is 6.64. The fourth-order valence-corrected chi connectivity index (χ4v) is 1.87. The summed E-state index contributed by atoms with van der Waals surface area (Å²) in [5, 5.41) is 9.95. The molecule has 0 bridgehead atoms. The van der Waals surface area contributed by atoms with Crippen LogP contribution in [0.3, 0.4) is 0 Å². The summed E-state index contributed by atoms with van der Waals surface area (Å²) in [5.41, 5.74) is 1.04. The summed E-state index contributed by atoms with van der Waals surface area (Å²) in [4.78, 5) is 11.0. The van der Waals surface area contributed by atoms with Crippen molar-refractivity contribution in [1.29, 1.82) is 0 Å². The molecule has 0 saturated carbocycles. The SMILES string of the molecule is CCCCCC(C=O)C(O)/C=C/c1ccccc1. The van der Waals surface area contributed by atoms with Crippen LogP contribution in [0, 0.1) is 5.92 Å².